The summed E-state index contributed by atoms with van der Waals surface area (Å²) in [5.41, 5.74) is 14.7. The fourth-order valence-electron chi connectivity index (χ4n) is 1.89. The molecule has 4 heteroatoms. The lowest BCUT2D eigenvalue weighted by Crippen LogP contribution is -2.05. The number of nitrogens with zero attached hydrogens (tertiary/aromatic N) is 2. The maximum atomic E-state index is 5.87. The molecule has 0 unspecified atom stereocenters. The summed E-state index contributed by atoms with van der Waals surface area (Å²) in [4.78, 5) is 4.33. The summed E-state index contributed by atoms with van der Waals surface area (Å²) in [6.07, 6.45) is 1.04. The van der Waals surface area contributed by atoms with E-state index in [-0.39, 0.29) is 0 Å². The molecule has 0 bridgehead atoms. The summed E-state index contributed by atoms with van der Waals surface area (Å²) in [5, 5.41) is 0. The maximum absolute atomic E-state index is 5.87. The lowest BCUT2D eigenvalue weighted by Gasteiger charge is -2.06. The third kappa shape index (κ3) is 3.96. The Hall–Kier alpha value is -1.55. The van der Waals surface area contributed by atoms with E-state index in [1.165, 1.54) is 0 Å². The minimum atomic E-state index is 0.520. The monoisotopic (exact) mass is 264 g/mol. The summed E-state index contributed by atoms with van der Waals surface area (Å²) in [7, 11) is 0. The first-order valence-corrected chi connectivity index (χ1v) is 7.21. The number of hydrogen-bond acceptors (Lipinski definition) is 3. The van der Waals surface area contributed by atoms with Gasteiger partial charge in [-0.05, 0) is 18.1 Å². The molecule has 0 fully saturated rings. The molecule has 0 atom stereocenters. The van der Waals surface area contributed by atoms with E-state index < -0.39 is 0 Å². The third-order valence-electron chi connectivity index (χ3n) is 2.55. The van der Waals surface area contributed by atoms with Crippen molar-refractivity contribution in [1.29, 1.82) is 0 Å². The molecule has 2 aromatic rings. The average Bonchev–Trinajstić information content (AvgIpc) is 2.80. The Bertz CT molecular complexity index is 474. The summed E-state index contributed by atoms with van der Waals surface area (Å²) in [5.74, 6) is 0.577. The van der Waals surface area contributed by atoms with E-state index in [1.807, 2.05) is 50.5 Å². The van der Waals surface area contributed by atoms with Gasteiger partial charge in [0.2, 0.25) is 5.95 Å². The van der Waals surface area contributed by atoms with Gasteiger partial charge in [-0.25, -0.2) is 4.98 Å². The number of anilines is 1. The smallest absolute Gasteiger partial charge is 0.201 e. The van der Waals surface area contributed by atoms with Crippen LogP contribution in [-0.4, -0.2) is 9.55 Å². The van der Waals surface area contributed by atoms with Gasteiger partial charge >= 0.3 is 0 Å². The third-order valence-corrected chi connectivity index (χ3v) is 2.55. The molecule has 19 heavy (non-hydrogen) atoms. The number of fused-ring (bicyclic) bond motifs is 1. The van der Waals surface area contributed by atoms with Gasteiger partial charge in [-0.1, -0.05) is 46.8 Å². The van der Waals surface area contributed by atoms with Crippen molar-refractivity contribution in [3.8, 4) is 0 Å². The molecule has 0 amide bonds. The number of rotatable bonds is 3. The van der Waals surface area contributed by atoms with Crippen LogP contribution in [-0.2, 0) is 13.1 Å². The molecule has 1 aromatic heterocycles. The van der Waals surface area contributed by atoms with Crippen molar-refractivity contribution < 1.29 is 0 Å². The Morgan fingerprint density at radius 3 is 2.32 bits per heavy atom. The van der Waals surface area contributed by atoms with Gasteiger partial charge in [0.25, 0.3) is 0 Å². The zero-order valence-electron chi connectivity index (χ0n) is 12.9. The van der Waals surface area contributed by atoms with Crippen molar-refractivity contribution in [3.63, 3.8) is 0 Å². The second-order valence-electron chi connectivity index (χ2n) is 3.61. The zero-order valence-corrected chi connectivity index (χ0v) is 12.9. The van der Waals surface area contributed by atoms with Crippen LogP contribution in [0.3, 0.4) is 0 Å². The van der Waals surface area contributed by atoms with E-state index in [9.17, 15) is 0 Å². The van der Waals surface area contributed by atoms with Crippen LogP contribution in [0, 0.1) is 0 Å². The van der Waals surface area contributed by atoms with Crippen LogP contribution in [0.2, 0.25) is 0 Å². The van der Waals surface area contributed by atoms with Crippen LogP contribution in [0.15, 0.2) is 18.2 Å². The largest absolute Gasteiger partial charge is 0.369 e. The molecule has 0 aliphatic heterocycles. The predicted octanol–water partition coefficient (Wildman–Crippen LogP) is 3.54. The summed E-state index contributed by atoms with van der Waals surface area (Å²) in [6, 6.07) is 5.96. The lowest BCUT2D eigenvalue weighted by molar-refractivity contribution is 0.704. The molecule has 0 aliphatic carbocycles. The highest BCUT2D eigenvalue weighted by Gasteiger charge is 2.09. The van der Waals surface area contributed by atoms with Crippen molar-refractivity contribution in [2.75, 3.05) is 5.73 Å². The summed E-state index contributed by atoms with van der Waals surface area (Å²) in [6.45, 7) is 11.5. The Morgan fingerprint density at radius 1 is 1.16 bits per heavy atom. The molecular weight excluding hydrogens is 236 g/mol. The van der Waals surface area contributed by atoms with E-state index >= 15 is 0 Å². The van der Waals surface area contributed by atoms with Gasteiger partial charge in [0.1, 0.15) is 0 Å². The predicted molar refractivity (Wildman–Crippen MR) is 85.0 cm³/mol. The van der Waals surface area contributed by atoms with Gasteiger partial charge in [-0.15, -0.1) is 0 Å². The summed E-state index contributed by atoms with van der Waals surface area (Å²) < 4.78 is 2.04. The van der Waals surface area contributed by atoms with Crippen LogP contribution < -0.4 is 11.5 Å². The zero-order chi connectivity index (χ0) is 14.8. The Kier molecular flexibility index (Phi) is 8.62. The first-order chi connectivity index (χ1) is 9.27. The molecule has 4 N–H and O–H groups in total. The number of aryl methyl sites for hydroxylation is 1. The molecule has 4 nitrogen and oxygen atoms in total. The van der Waals surface area contributed by atoms with Crippen molar-refractivity contribution in [2.24, 2.45) is 5.73 Å². The SMILES string of the molecule is CC.CC.CCCn1c(N)nc2cccc(CN)c21. The van der Waals surface area contributed by atoms with Gasteiger partial charge in [-0.2, -0.15) is 0 Å². The molecule has 0 spiro atoms. The normalized spacial score (nSPS) is 9.37. The van der Waals surface area contributed by atoms with Crippen LogP contribution in [0.4, 0.5) is 5.95 Å². The molecule has 108 valence electrons. The standard InChI is InChI=1S/C11H16N4.2C2H6/c1-2-6-15-10-8(7-12)4-3-5-9(10)14-11(15)13;2*1-2/h3-5H,2,6-7,12H2,1H3,(H2,13,14);2*1-2H3. The van der Waals surface area contributed by atoms with E-state index in [0.717, 1.165) is 29.6 Å². The van der Waals surface area contributed by atoms with E-state index in [4.69, 9.17) is 11.5 Å². The molecule has 0 saturated carbocycles. The number of imidazole rings is 1. The number of benzene rings is 1. The molecule has 0 radical (unpaired) electrons. The molecule has 1 heterocycles. The Morgan fingerprint density at radius 2 is 1.79 bits per heavy atom. The van der Waals surface area contributed by atoms with Gasteiger partial charge in [-0.3, -0.25) is 0 Å². The minimum Gasteiger partial charge on any atom is -0.369 e. The van der Waals surface area contributed by atoms with Gasteiger partial charge in [0, 0.05) is 13.1 Å². The van der Waals surface area contributed by atoms with Crippen LogP contribution in [0.25, 0.3) is 11.0 Å². The van der Waals surface area contributed by atoms with E-state index in [2.05, 4.69) is 11.9 Å². The highest BCUT2D eigenvalue weighted by atomic mass is 15.1. The average molecular weight is 264 g/mol. The maximum Gasteiger partial charge on any atom is 0.201 e. The van der Waals surface area contributed by atoms with Crippen LogP contribution in [0.5, 0.6) is 0 Å². The molecule has 1 aromatic carbocycles. The quantitative estimate of drug-likeness (QED) is 0.890. The van der Waals surface area contributed by atoms with Crippen molar-refractivity contribution in [2.45, 2.75) is 54.1 Å². The van der Waals surface area contributed by atoms with Crippen LogP contribution in [0.1, 0.15) is 46.6 Å². The van der Waals surface area contributed by atoms with Crippen molar-refractivity contribution >= 4 is 17.0 Å². The van der Waals surface area contributed by atoms with Crippen LogP contribution >= 0.6 is 0 Å². The first-order valence-electron chi connectivity index (χ1n) is 7.21. The molecular formula is C15H28N4. The lowest BCUT2D eigenvalue weighted by atomic mass is 10.2. The topological polar surface area (TPSA) is 69.9 Å². The molecule has 0 aliphatic rings. The van der Waals surface area contributed by atoms with E-state index in [1.54, 1.807) is 0 Å². The summed E-state index contributed by atoms with van der Waals surface area (Å²) >= 11 is 0. The van der Waals surface area contributed by atoms with Crippen molar-refractivity contribution in [1.82, 2.24) is 9.55 Å². The fourth-order valence-corrected chi connectivity index (χ4v) is 1.89. The molecule has 0 saturated heterocycles. The Balaban J connectivity index is 0.000000741. The first kappa shape index (κ1) is 17.4. The van der Waals surface area contributed by atoms with Gasteiger partial charge < -0.3 is 16.0 Å². The van der Waals surface area contributed by atoms with Gasteiger partial charge in [0.15, 0.2) is 0 Å². The number of aromatic nitrogens is 2. The van der Waals surface area contributed by atoms with Gasteiger partial charge in [0.05, 0.1) is 11.0 Å². The minimum absolute atomic E-state index is 0.520. The second-order valence-corrected chi connectivity index (χ2v) is 3.61. The van der Waals surface area contributed by atoms with E-state index in [0.29, 0.717) is 12.5 Å². The highest BCUT2D eigenvalue weighted by Crippen LogP contribution is 2.21. The fraction of sp³-hybridized carbons (Fsp3) is 0.533. The number of hydrogen-bond donors (Lipinski definition) is 2. The second kappa shape index (κ2) is 9.39. The van der Waals surface area contributed by atoms with Crippen molar-refractivity contribution in [3.05, 3.63) is 23.8 Å². The number of para-hydroxylation sites is 1. The Labute approximate surface area is 116 Å². The number of nitrogen functional groups attached to an aromatic ring is 1. The molecule has 2 rings (SSSR count). The number of nitrogens with two attached hydrogens (primary N) is 2. The highest BCUT2D eigenvalue weighted by molar-refractivity contribution is 5.81.